The first-order valence-corrected chi connectivity index (χ1v) is 7.23. The van der Waals surface area contributed by atoms with Crippen molar-refractivity contribution in [2.45, 2.75) is 6.92 Å². The number of carbonyl (C=O) groups is 1. The Morgan fingerprint density at radius 2 is 1.90 bits per heavy atom. The summed E-state index contributed by atoms with van der Waals surface area (Å²) in [7, 11) is 0. The number of benzene rings is 2. The van der Waals surface area contributed by atoms with Crippen molar-refractivity contribution >= 4 is 45.2 Å². The van der Waals surface area contributed by atoms with Gasteiger partial charge in [-0.1, -0.05) is 48.0 Å². The van der Waals surface area contributed by atoms with E-state index < -0.39 is 0 Å². The molecule has 0 saturated carbocycles. The van der Waals surface area contributed by atoms with E-state index in [1.807, 2.05) is 49.4 Å². The summed E-state index contributed by atoms with van der Waals surface area (Å²) in [5.41, 5.74) is 2.60. The van der Waals surface area contributed by atoms with E-state index in [0.29, 0.717) is 15.2 Å². The van der Waals surface area contributed by atoms with Gasteiger partial charge in [0.05, 0.1) is 4.48 Å². The molecular formula is C16H13BrClNO. The number of aryl methyl sites for hydroxylation is 1. The highest BCUT2D eigenvalue weighted by Crippen LogP contribution is 2.21. The Hall–Kier alpha value is -1.58. The Bertz CT molecular complexity index is 653. The quantitative estimate of drug-likeness (QED) is 0.773. The average Bonchev–Trinajstić information content (AvgIpc) is 2.44. The number of carbonyl (C=O) groups excluding carboxylic acids is 1. The fourth-order valence-corrected chi connectivity index (χ4v) is 2.17. The van der Waals surface area contributed by atoms with Crippen LogP contribution < -0.4 is 5.32 Å². The van der Waals surface area contributed by atoms with Gasteiger partial charge < -0.3 is 5.32 Å². The van der Waals surface area contributed by atoms with Crippen LogP contribution >= 0.6 is 27.5 Å². The first-order chi connectivity index (χ1) is 9.56. The molecule has 2 aromatic carbocycles. The summed E-state index contributed by atoms with van der Waals surface area (Å²) in [4.78, 5) is 12.0. The van der Waals surface area contributed by atoms with Gasteiger partial charge in [0.15, 0.2) is 0 Å². The van der Waals surface area contributed by atoms with Crippen LogP contribution in [0.15, 0.2) is 53.0 Å². The number of hydrogen-bond donors (Lipinski definition) is 1. The SMILES string of the molecule is Cc1ccc(NC(=O)C(Br)=Cc2ccccc2)cc1Cl. The molecular weight excluding hydrogens is 338 g/mol. The molecule has 1 N–H and O–H groups in total. The zero-order valence-corrected chi connectivity index (χ0v) is 13.2. The summed E-state index contributed by atoms with van der Waals surface area (Å²) >= 11 is 9.32. The lowest BCUT2D eigenvalue weighted by atomic mass is 10.2. The van der Waals surface area contributed by atoms with Gasteiger partial charge in [0.25, 0.3) is 5.91 Å². The molecule has 0 aliphatic carbocycles. The highest BCUT2D eigenvalue weighted by molar-refractivity contribution is 9.12. The minimum absolute atomic E-state index is 0.214. The third kappa shape index (κ3) is 3.95. The Balaban J connectivity index is 2.11. The maximum atomic E-state index is 12.0. The molecule has 2 aromatic rings. The summed E-state index contributed by atoms with van der Waals surface area (Å²) in [5.74, 6) is -0.214. The molecule has 2 rings (SSSR count). The number of anilines is 1. The van der Waals surface area contributed by atoms with Gasteiger partial charge in [0, 0.05) is 10.7 Å². The van der Waals surface area contributed by atoms with Crippen LogP contribution in [0.5, 0.6) is 0 Å². The van der Waals surface area contributed by atoms with Gasteiger partial charge in [-0.25, -0.2) is 0 Å². The van der Waals surface area contributed by atoms with Crippen LogP contribution in [0.25, 0.3) is 6.08 Å². The average molecular weight is 351 g/mol. The molecule has 4 heteroatoms. The van der Waals surface area contributed by atoms with Crippen LogP contribution in [0.3, 0.4) is 0 Å². The van der Waals surface area contributed by atoms with Crippen molar-refractivity contribution < 1.29 is 4.79 Å². The van der Waals surface area contributed by atoms with Crippen molar-refractivity contribution in [3.05, 3.63) is 69.2 Å². The standard InChI is InChI=1S/C16H13BrClNO/c1-11-7-8-13(10-15(11)18)19-16(20)14(17)9-12-5-3-2-4-6-12/h2-10H,1H3,(H,19,20). The molecule has 0 saturated heterocycles. The van der Waals surface area contributed by atoms with Crippen molar-refractivity contribution in [1.82, 2.24) is 0 Å². The van der Waals surface area contributed by atoms with Crippen molar-refractivity contribution in [3.63, 3.8) is 0 Å². The van der Waals surface area contributed by atoms with Gasteiger partial charge in [-0.2, -0.15) is 0 Å². The normalized spacial score (nSPS) is 11.2. The summed E-state index contributed by atoms with van der Waals surface area (Å²) < 4.78 is 0.459. The summed E-state index contributed by atoms with van der Waals surface area (Å²) in [6.07, 6.45) is 1.77. The molecule has 2 nitrogen and oxygen atoms in total. The number of rotatable bonds is 3. The van der Waals surface area contributed by atoms with Crippen LogP contribution in [0.2, 0.25) is 5.02 Å². The number of halogens is 2. The minimum atomic E-state index is -0.214. The third-order valence-corrected chi connectivity index (χ3v) is 3.74. The topological polar surface area (TPSA) is 29.1 Å². The van der Waals surface area contributed by atoms with Crippen LogP contribution in [-0.4, -0.2) is 5.91 Å². The van der Waals surface area contributed by atoms with Gasteiger partial charge >= 0.3 is 0 Å². The van der Waals surface area contributed by atoms with Gasteiger partial charge in [-0.05, 0) is 52.2 Å². The Morgan fingerprint density at radius 1 is 1.20 bits per heavy atom. The fourth-order valence-electron chi connectivity index (χ4n) is 1.62. The Kier molecular flexibility index (Phi) is 4.99. The molecule has 0 bridgehead atoms. The molecule has 0 spiro atoms. The van der Waals surface area contributed by atoms with Gasteiger partial charge in [-0.3, -0.25) is 4.79 Å². The van der Waals surface area contributed by atoms with E-state index in [4.69, 9.17) is 11.6 Å². The Morgan fingerprint density at radius 3 is 2.55 bits per heavy atom. The Labute approximate surface area is 131 Å². The van der Waals surface area contributed by atoms with Crippen LogP contribution in [0.4, 0.5) is 5.69 Å². The lowest BCUT2D eigenvalue weighted by Crippen LogP contribution is -2.11. The first kappa shape index (κ1) is 14.8. The van der Waals surface area contributed by atoms with E-state index in [0.717, 1.165) is 11.1 Å². The number of nitrogens with one attached hydrogen (secondary N) is 1. The molecule has 102 valence electrons. The van der Waals surface area contributed by atoms with E-state index in [1.165, 1.54) is 0 Å². The van der Waals surface area contributed by atoms with Crippen LogP contribution in [0, 0.1) is 6.92 Å². The smallest absolute Gasteiger partial charge is 0.262 e. The predicted octanol–water partition coefficient (Wildman–Crippen LogP) is 5.02. The lowest BCUT2D eigenvalue weighted by Gasteiger charge is -2.06. The van der Waals surface area contributed by atoms with Crippen molar-refractivity contribution in [2.75, 3.05) is 5.32 Å². The second-order valence-electron chi connectivity index (χ2n) is 4.32. The van der Waals surface area contributed by atoms with Gasteiger partial charge in [-0.15, -0.1) is 0 Å². The second kappa shape index (κ2) is 6.73. The molecule has 0 unspecified atom stereocenters. The summed E-state index contributed by atoms with van der Waals surface area (Å²) in [5, 5.41) is 3.42. The first-order valence-electron chi connectivity index (χ1n) is 6.06. The molecule has 0 aromatic heterocycles. The fraction of sp³-hybridized carbons (Fsp3) is 0.0625. The van der Waals surface area contributed by atoms with Gasteiger partial charge in [0.1, 0.15) is 0 Å². The molecule has 0 heterocycles. The molecule has 0 aliphatic heterocycles. The number of amides is 1. The minimum Gasteiger partial charge on any atom is -0.321 e. The van der Waals surface area contributed by atoms with E-state index in [1.54, 1.807) is 12.1 Å². The molecule has 0 aliphatic rings. The van der Waals surface area contributed by atoms with E-state index in [-0.39, 0.29) is 5.91 Å². The third-order valence-electron chi connectivity index (χ3n) is 2.74. The van der Waals surface area contributed by atoms with E-state index in [2.05, 4.69) is 21.2 Å². The maximum Gasteiger partial charge on any atom is 0.262 e. The summed E-state index contributed by atoms with van der Waals surface area (Å²) in [6.45, 7) is 1.92. The maximum absolute atomic E-state index is 12.0. The van der Waals surface area contributed by atoms with Crippen molar-refractivity contribution in [2.24, 2.45) is 0 Å². The highest BCUT2D eigenvalue weighted by atomic mass is 79.9. The van der Waals surface area contributed by atoms with Crippen molar-refractivity contribution in [1.29, 1.82) is 0 Å². The zero-order chi connectivity index (χ0) is 14.5. The van der Waals surface area contributed by atoms with E-state index >= 15 is 0 Å². The number of hydrogen-bond acceptors (Lipinski definition) is 1. The molecule has 1 amide bonds. The monoisotopic (exact) mass is 349 g/mol. The summed E-state index contributed by atoms with van der Waals surface area (Å²) in [6, 6.07) is 15.0. The zero-order valence-electron chi connectivity index (χ0n) is 10.9. The molecule has 0 radical (unpaired) electrons. The van der Waals surface area contributed by atoms with Crippen molar-refractivity contribution in [3.8, 4) is 0 Å². The lowest BCUT2D eigenvalue weighted by molar-refractivity contribution is -0.112. The van der Waals surface area contributed by atoms with Crippen LogP contribution in [-0.2, 0) is 4.79 Å². The predicted molar refractivity (Wildman–Crippen MR) is 88.2 cm³/mol. The highest BCUT2D eigenvalue weighted by Gasteiger charge is 2.07. The molecule has 20 heavy (non-hydrogen) atoms. The van der Waals surface area contributed by atoms with Crippen LogP contribution in [0.1, 0.15) is 11.1 Å². The molecule has 0 fully saturated rings. The van der Waals surface area contributed by atoms with Gasteiger partial charge in [0.2, 0.25) is 0 Å². The second-order valence-corrected chi connectivity index (χ2v) is 5.58. The van der Waals surface area contributed by atoms with E-state index in [9.17, 15) is 4.79 Å². The largest absolute Gasteiger partial charge is 0.321 e. The molecule has 0 atom stereocenters.